The average molecular weight is 377 g/mol. The molecule has 1 saturated heterocycles. The van der Waals surface area contributed by atoms with Crippen molar-refractivity contribution in [2.75, 3.05) is 24.7 Å². The minimum Gasteiger partial charge on any atom is -0.463 e. The summed E-state index contributed by atoms with van der Waals surface area (Å²) in [5, 5.41) is 1.49. The lowest BCUT2D eigenvalue weighted by atomic mass is 10.2. The molecule has 1 amide bonds. The summed E-state index contributed by atoms with van der Waals surface area (Å²) in [7, 11) is 0. The summed E-state index contributed by atoms with van der Waals surface area (Å²) in [5.74, 6) is 0.650. The van der Waals surface area contributed by atoms with Gasteiger partial charge in [0.1, 0.15) is 0 Å². The number of ether oxygens (including phenoxy) is 1. The summed E-state index contributed by atoms with van der Waals surface area (Å²) in [6.07, 6.45) is 1.40. The molecule has 1 aliphatic rings. The molecule has 1 aliphatic heterocycles. The molecule has 2 aromatic rings. The first-order valence-corrected chi connectivity index (χ1v) is 9.94. The number of benzene rings is 1. The van der Waals surface area contributed by atoms with E-state index >= 15 is 0 Å². The van der Waals surface area contributed by atoms with E-state index < -0.39 is 5.97 Å². The van der Waals surface area contributed by atoms with E-state index in [1.165, 1.54) is 23.4 Å². The number of aromatic amines is 1. The quantitative estimate of drug-likeness (QED) is 0.474. The molecule has 8 heteroatoms. The lowest BCUT2D eigenvalue weighted by Gasteiger charge is -2.16. The Hall–Kier alpha value is -1.93. The maximum atomic E-state index is 12.0. The fraction of sp³-hybridized carbons (Fsp3) is 0.353. The minimum atomic E-state index is -0.412. The van der Waals surface area contributed by atoms with Crippen LogP contribution in [0.1, 0.15) is 12.5 Å². The number of nitrogens with one attached hydrogen (secondary N) is 1. The highest BCUT2D eigenvalue weighted by Gasteiger charge is 2.27. The first-order chi connectivity index (χ1) is 12.1. The molecular formula is C17H19N3O3S2. The molecule has 6 nitrogen and oxygen atoms in total. The number of rotatable bonds is 6. The number of carbonyl (C=O) groups is 2. The smallest absolute Gasteiger partial charge is 0.333 e. The highest BCUT2D eigenvalue weighted by molar-refractivity contribution is 8.04. The summed E-state index contributed by atoms with van der Waals surface area (Å²) in [6.45, 7) is 4.65. The first-order valence-electron chi connectivity index (χ1n) is 7.97. The van der Waals surface area contributed by atoms with E-state index in [4.69, 9.17) is 4.74 Å². The molecule has 0 saturated carbocycles. The maximum absolute atomic E-state index is 12.0. The van der Waals surface area contributed by atoms with Crippen LogP contribution in [0.5, 0.6) is 0 Å². The van der Waals surface area contributed by atoms with Crippen molar-refractivity contribution in [3.8, 4) is 0 Å². The largest absolute Gasteiger partial charge is 0.463 e. The SMILES string of the molecule is CCOC(=O)/C=C1/SCC(=O)N1CCSc1nc2ccc(C)cc2[nH]1. The molecule has 25 heavy (non-hydrogen) atoms. The molecule has 0 unspecified atom stereocenters. The third-order valence-electron chi connectivity index (χ3n) is 3.61. The minimum absolute atomic E-state index is 0.0152. The van der Waals surface area contributed by atoms with E-state index in [0.29, 0.717) is 29.7 Å². The van der Waals surface area contributed by atoms with Gasteiger partial charge in [-0.25, -0.2) is 9.78 Å². The molecule has 1 N–H and O–H groups in total. The zero-order chi connectivity index (χ0) is 17.8. The standard InChI is InChI=1S/C17H19N3O3S2/c1-3-23-16(22)9-15-20(14(21)10-25-15)6-7-24-17-18-12-5-4-11(2)8-13(12)19-17/h4-5,8-9H,3,6-7,10H2,1-2H3,(H,18,19)/b15-9+. The summed E-state index contributed by atoms with van der Waals surface area (Å²) in [5.41, 5.74) is 3.13. The van der Waals surface area contributed by atoms with Gasteiger partial charge in [0.25, 0.3) is 0 Å². The Morgan fingerprint density at radius 3 is 3.16 bits per heavy atom. The van der Waals surface area contributed by atoms with E-state index in [9.17, 15) is 9.59 Å². The molecule has 0 spiro atoms. The Morgan fingerprint density at radius 2 is 2.36 bits per heavy atom. The summed E-state index contributed by atoms with van der Waals surface area (Å²) >= 11 is 2.93. The van der Waals surface area contributed by atoms with Gasteiger partial charge >= 0.3 is 5.97 Å². The average Bonchev–Trinajstić information content (AvgIpc) is 3.12. The number of thioether (sulfide) groups is 2. The van der Waals surface area contributed by atoms with Gasteiger partial charge in [0, 0.05) is 12.3 Å². The number of hydrogen-bond acceptors (Lipinski definition) is 6. The molecule has 1 aromatic carbocycles. The van der Waals surface area contributed by atoms with Crippen LogP contribution in [0.4, 0.5) is 0 Å². The Labute approximate surface area is 154 Å². The van der Waals surface area contributed by atoms with Crippen LogP contribution in [-0.4, -0.2) is 51.4 Å². The van der Waals surface area contributed by atoms with Gasteiger partial charge in [0.15, 0.2) is 5.16 Å². The van der Waals surface area contributed by atoms with E-state index in [1.54, 1.807) is 23.6 Å². The Morgan fingerprint density at radius 1 is 1.52 bits per heavy atom. The van der Waals surface area contributed by atoms with Crippen molar-refractivity contribution in [1.82, 2.24) is 14.9 Å². The van der Waals surface area contributed by atoms with E-state index in [-0.39, 0.29) is 5.91 Å². The van der Waals surface area contributed by atoms with Gasteiger partial charge in [-0.3, -0.25) is 4.79 Å². The molecule has 0 radical (unpaired) electrons. The van der Waals surface area contributed by atoms with Crippen molar-refractivity contribution in [3.05, 3.63) is 34.9 Å². The molecule has 0 bridgehead atoms. The van der Waals surface area contributed by atoms with E-state index in [1.807, 2.05) is 19.1 Å². The fourth-order valence-electron chi connectivity index (χ4n) is 2.46. The number of aromatic nitrogens is 2. The highest BCUT2D eigenvalue weighted by Crippen LogP contribution is 2.29. The monoisotopic (exact) mass is 377 g/mol. The van der Waals surface area contributed by atoms with E-state index in [2.05, 4.69) is 16.0 Å². The number of carbonyl (C=O) groups excluding carboxylic acids is 2. The fourth-order valence-corrected chi connectivity index (χ4v) is 4.22. The second kappa shape index (κ2) is 7.97. The number of amides is 1. The van der Waals surface area contributed by atoms with Crippen molar-refractivity contribution in [2.45, 2.75) is 19.0 Å². The van der Waals surface area contributed by atoms with Crippen LogP contribution in [0.15, 0.2) is 34.5 Å². The Balaban J connectivity index is 1.61. The highest BCUT2D eigenvalue weighted by atomic mass is 32.2. The summed E-state index contributed by atoms with van der Waals surface area (Å²) in [6, 6.07) is 6.09. The van der Waals surface area contributed by atoms with Crippen molar-refractivity contribution in [2.24, 2.45) is 0 Å². The van der Waals surface area contributed by atoms with Gasteiger partial charge in [-0.1, -0.05) is 29.6 Å². The van der Waals surface area contributed by atoms with Gasteiger partial charge in [0.2, 0.25) is 5.91 Å². The second-order valence-electron chi connectivity index (χ2n) is 5.48. The van der Waals surface area contributed by atoms with E-state index in [0.717, 1.165) is 16.2 Å². The number of imidazole rings is 1. The Kier molecular flexibility index (Phi) is 5.70. The van der Waals surface area contributed by atoms with Crippen LogP contribution in [0.2, 0.25) is 0 Å². The van der Waals surface area contributed by atoms with Crippen LogP contribution in [0, 0.1) is 6.92 Å². The van der Waals surface area contributed by atoms with Gasteiger partial charge in [0.05, 0.1) is 34.5 Å². The second-order valence-corrected chi connectivity index (χ2v) is 7.56. The number of H-pyrrole nitrogens is 1. The first kappa shape index (κ1) is 17.9. The Bertz CT molecular complexity index is 832. The van der Waals surface area contributed by atoms with Crippen LogP contribution >= 0.6 is 23.5 Å². The lowest BCUT2D eigenvalue weighted by molar-refractivity contribution is -0.137. The van der Waals surface area contributed by atoms with Crippen molar-refractivity contribution in [3.63, 3.8) is 0 Å². The van der Waals surface area contributed by atoms with Crippen LogP contribution in [0.3, 0.4) is 0 Å². The molecule has 1 fully saturated rings. The molecule has 0 aliphatic carbocycles. The van der Waals surface area contributed by atoms with Crippen molar-refractivity contribution < 1.29 is 14.3 Å². The predicted octanol–water partition coefficient (Wildman–Crippen LogP) is 2.94. The molecule has 0 atom stereocenters. The van der Waals surface area contributed by atoms with Gasteiger partial charge in [-0.05, 0) is 31.5 Å². The number of esters is 1. The number of fused-ring (bicyclic) bond motifs is 1. The summed E-state index contributed by atoms with van der Waals surface area (Å²) < 4.78 is 4.92. The zero-order valence-electron chi connectivity index (χ0n) is 14.1. The third kappa shape index (κ3) is 4.38. The number of nitrogens with zero attached hydrogens (tertiary/aromatic N) is 2. The molecule has 3 rings (SSSR count). The van der Waals surface area contributed by atoms with Crippen LogP contribution in [-0.2, 0) is 14.3 Å². The number of hydrogen-bond donors (Lipinski definition) is 1. The molecule has 2 heterocycles. The van der Waals surface area contributed by atoms with Gasteiger partial charge in [-0.15, -0.1) is 0 Å². The third-order valence-corrected chi connectivity index (χ3v) is 5.49. The molecular weight excluding hydrogens is 358 g/mol. The number of aryl methyl sites for hydroxylation is 1. The topological polar surface area (TPSA) is 75.3 Å². The van der Waals surface area contributed by atoms with Gasteiger partial charge < -0.3 is 14.6 Å². The lowest BCUT2D eigenvalue weighted by Crippen LogP contribution is -2.27. The predicted molar refractivity (Wildman–Crippen MR) is 100 cm³/mol. The van der Waals surface area contributed by atoms with Crippen molar-refractivity contribution in [1.29, 1.82) is 0 Å². The normalized spacial score (nSPS) is 16.2. The zero-order valence-corrected chi connectivity index (χ0v) is 15.7. The van der Waals surface area contributed by atoms with Crippen molar-refractivity contribution >= 4 is 46.4 Å². The van der Waals surface area contributed by atoms with Crippen LogP contribution in [0.25, 0.3) is 11.0 Å². The summed E-state index contributed by atoms with van der Waals surface area (Å²) in [4.78, 5) is 33.1. The molecule has 132 valence electrons. The van der Waals surface area contributed by atoms with Crippen LogP contribution < -0.4 is 0 Å². The molecule has 1 aromatic heterocycles. The maximum Gasteiger partial charge on any atom is 0.333 e. The van der Waals surface area contributed by atoms with Gasteiger partial charge in [-0.2, -0.15) is 0 Å².